The van der Waals surface area contributed by atoms with Crippen molar-refractivity contribution in [3.8, 4) is 0 Å². The second-order valence-electron chi connectivity index (χ2n) is 4.42. The molecule has 1 atom stereocenters. The third-order valence-corrected chi connectivity index (χ3v) is 2.95. The van der Waals surface area contributed by atoms with E-state index < -0.39 is 0 Å². The Morgan fingerprint density at radius 3 is 2.54 bits per heavy atom. The van der Waals surface area contributed by atoms with Crippen LogP contribution >= 0.6 is 0 Å². The van der Waals surface area contributed by atoms with Gasteiger partial charge in [-0.05, 0) is 33.4 Å². The second-order valence-corrected chi connectivity index (χ2v) is 4.42. The molecule has 0 aromatic rings. The molecular weight excluding hydrogens is 235 g/mol. The van der Waals surface area contributed by atoms with Crippen molar-refractivity contribution in [3.63, 3.8) is 0 Å². The summed E-state index contributed by atoms with van der Waals surface area (Å²) in [4.78, 5) is 2.52. The van der Waals surface area contributed by atoms with Gasteiger partial charge < -0.3 is 18.7 Å². The van der Waals surface area contributed by atoms with Crippen LogP contribution < -0.4 is 0 Å². The van der Waals surface area contributed by atoms with Crippen molar-refractivity contribution in [1.29, 1.82) is 0 Å². The van der Waals surface area contributed by atoms with Crippen molar-refractivity contribution < 1.29 is 32.7 Å². The molecule has 1 saturated heterocycles. The molecule has 1 radical (unpaired) electrons. The molecule has 2 heteroatoms. The van der Waals surface area contributed by atoms with Gasteiger partial charge in [-0.1, -0.05) is 6.42 Å². The Kier molecular flexibility index (Phi) is 6.30. The predicted octanol–water partition coefficient (Wildman–Crippen LogP) is 2.53. The third-order valence-electron chi connectivity index (χ3n) is 2.95. The Hall–Kier alpha value is 1.06. The summed E-state index contributed by atoms with van der Waals surface area (Å²) in [6, 6.07) is 0.665. The summed E-state index contributed by atoms with van der Waals surface area (Å²) in [5.74, 6) is 0. The van der Waals surface area contributed by atoms with Gasteiger partial charge in [0.1, 0.15) is 0 Å². The van der Waals surface area contributed by atoms with Gasteiger partial charge in [-0.15, -0.1) is 0 Å². The zero-order valence-corrected chi connectivity index (χ0v) is 11.9. The number of hydrogen-bond acceptors (Lipinski definition) is 1. The molecule has 13 heavy (non-hydrogen) atoms. The summed E-state index contributed by atoms with van der Waals surface area (Å²) in [6.07, 6.45) is 3.51. The average Bonchev–Trinajstić information content (AvgIpc) is 2.05. The van der Waals surface area contributed by atoms with Crippen LogP contribution in [-0.4, -0.2) is 24.0 Å². The van der Waals surface area contributed by atoms with Gasteiger partial charge in [0.2, 0.25) is 0 Å². The number of hydrogen-bond donors (Lipinski definition) is 0. The van der Waals surface area contributed by atoms with Crippen LogP contribution in [0.5, 0.6) is 0 Å². The maximum atomic E-state index is 4.28. The number of likely N-dealkylation sites (tertiary alicyclic amines) is 1. The molecule has 0 spiro atoms. The van der Waals surface area contributed by atoms with E-state index in [2.05, 4.69) is 32.6 Å². The van der Waals surface area contributed by atoms with Gasteiger partial charge in [-0.2, -0.15) is 5.41 Å². The van der Waals surface area contributed by atoms with E-state index in [1.807, 2.05) is 0 Å². The summed E-state index contributed by atoms with van der Waals surface area (Å²) >= 11 is 0. The molecule has 1 fully saturated rings. The molecule has 1 unspecified atom stereocenters. The fourth-order valence-electron chi connectivity index (χ4n) is 1.89. The fourth-order valence-corrected chi connectivity index (χ4v) is 1.89. The fraction of sp³-hybridized carbons (Fsp3) is 0.818. The van der Waals surface area contributed by atoms with Crippen molar-refractivity contribution in [3.05, 3.63) is 13.8 Å². The Balaban J connectivity index is 0.00000144. The first-order valence-corrected chi connectivity index (χ1v) is 4.96. The molecule has 1 rings (SSSR count). The summed E-state index contributed by atoms with van der Waals surface area (Å²) < 4.78 is 0. The van der Waals surface area contributed by atoms with Crippen LogP contribution in [0.4, 0.5) is 0 Å². The maximum absolute atomic E-state index is 4.28. The standard InChI is InChI=1S/C11H21N.Y/c1-5-11(4)7-6-8-12(9-11)10(2)3;/h10H,1,4-9H2,2-3H3;/q-2;. The van der Waals surface area contributed by atoms with E-state index in [1.165, 1.54) is 19.4 Å². The Morgan fingerprint density at radius 2 is 2.08 bits per heavy atom. The van der Waals surface area contributed by atoms with E-state index in [9.17, 15) is 0 Å². The summed E-state index contributed by atoms with van der Waals surface area (Å²) in [7, 11) is 0. The molecule has 1 aliphatic rings. The maximum Gasteiger partial charge on any atom is 0.00377 e. The van der Waals surface area contributed by atoms with Crippen LogP contribution in [0, 0.1) is 19.3 Å². The molecule has 75 valence electrons. The smallest absolute Gasteiger partial charge is 0.00377 e. The quantitative estimate of drug-likeness (QED) is 0.686. The predicted molar refractivity (Wildman–Crippen MR) is 53.7 cm³/mol. The van der Waals surface area contributed by atoms with E-state index >= 15 is 0 Å². The Morgan fingerprint density at radius 1 is 1.46 bits per heavy atom. The van der Waals surface area contributed by atoms with Gasteiger partial charge in [0.25, 0.3) is 0 Å². The van der Waals surface area contributed by atoms with Gasteiger partial charge in [0.05, 0.1) is 0 Å². The van der Waals surface area contributed by atoms with E-state index in [1.54, 1.807) is 0 Å². The summed E-state index contributed by atoms with van der Waals surface area (Å²) in [5.41, 5.74) is 0.239. The number of piperidine rings is 1. The van der Waals surface area contributed by atoms with E-state index in [0.29, 0.717) is 6.04 Å². The SMILES string of the molecule is [CH2-]CC1([CH2-])CCCN(C(C)C)C1.[Y]. The van der Waals surface area contributed by atoms with Crippen LogP contribution in [-0.2, 0) is 32.7 Å². The monoisotopic (exact) mass is 256 g/mol. The van der Waals surface area contributed by atoms with Crippen molar-refractivity contribution in [2.45, 2.75) is 39.2 Å². The summed E-state index contributed by atoms with van der Waals surface area (Å²) in [6.45, 7) is 15.2. The van der Waals surface area contributed by atoms with Gasteiger partial charge in [-0.25, -0.2) is 6.42 Å². The van der Waals surface area contributed by atoms with E-state index in [4.69, 9.17) is 0 Å². The largest absolute Gasteiger partial charge is 0.345 e. The van der Waals surface area contributed by atoms with Crippen molar-refractivity contribution in [2.75, 3.05) is 13.1 Å². The zero-order chi connectivity index (χ0) is 9.19. The summed E-state index contributed by atoms with van der Waals surface area (Å²) in [5, 5.41) is 0. The van der Waals surface area contributed by atoms with Crippen LogP contribution in [0.25, 0.3) is 0 Å². The minimum Gasteiger partial charge on any atom is -0.345 e. The van der Waals surface area contributed by atoms with Crippen molar-refractivity contribution >= 4 is 0 Å². The minimum absolute atomic E-state index is 0. The van der Waals surface area contributed by atoms with Crippen LogP contribution in [0.3, 0.4) is 0 Å². The van der Waals surface area contributed by atoms with Gasteiger partial charge in [-0.3, -0.25) is 0 Å². The molecule has 1 heterocycles. The first-order chi connectivity index (χ1) is 5.57. The third kappa shape index (κ3) is 3.97. The van der Waals surface area contributed by atoms with Gasteiger partial charge in [0.15, 0.2) is 0 Å². The topological polar surface area (TPSA) is 3.24 Å². The second kappa shape index (κ2) is 5.83. The number of nitrogens with zero attached hydrogens (tertiary/aromatic N) is 1. The molecule has 0 saturated carbocycles. The van der Waals surface area contributed by atoms with E-state index in [0.717, 1.165) is 13.0 Å². The van der Waals surface area contributed by atoms with Crippen molar-refractivity contribution in [1.82, 2.24) is 4.90 Å². The molecule has 1 aliphatic heterocycles. The molecular formula is C11H21NY-2. The van der Waals surface area contributed by atoms with Crippen LogP contribution in [0.15, 0.2) is 0 Å². The molecule has 0 aromatic carbocycles. The van der Waals surface area contributed by atoms with Gasteiger partial charge >= 0.3 is 0 Å². The molecule has 1 nitrogen and oxygen atoms in total. The molecule has 0 amide bonds. The van der Waals surface area contributed by atoms with E-state index in [-0.39, 0.29) is 38.1 Å². The number of rotatable bonds is 2. The minimum atomic E-state index is 0. The van der Waals surface area contributed by atoms with Gasteiger partial charge in [0, 0.05) is 38.8 Å². The normalized spacial score (nSPS) is 30.2. The van der Waals surface area contributed by atoms with Crippen LogP contribution in [0.1, 0.15) is 33.1 Å². The molecule has 0 aliphatic carbocycles. The molecule has 0 bridgehead atoms. The zero-order valence-electron chi connectivity index (χ0n) is 9.05. The molecule has 0 aromatic heterocycles. The first kappa shape index (κ1) is 14.1. The van der Waals surface area contributed by atoms with Crippen molar-refractivity contribution in [2.24, 2.45) is 5.41 Å². The average molecular weight is 256 g/mol. The Labute approximate surface area is 109 Å². The molecule has 0 N–H and O–H groups in total. The Bertz CT molecular complexity index is 147. The van der Waals surface area contributed by atoms with Crippen LogP contribution in [0.2, 0.25) is 0 Å². The first-order valence-electron chi connectivity index (χ1n) is 4.96.